The molecule has 134 valence electrons. The minimum atomic E-state index is -0.472. The van der Waals surface area contributed by atoms with Gasteiger partial charge in [-0.2, -0.15) is 0 Å². The molecule has 0 aliphatic carbocycles. The summed E-state index contributed by atoms with van der Waals surface area (Å²) in [4.78, 5) is 20.7. The van der Waals surface area contributed by atoms with Crippen LogP contribution in [0.25, 0.3) is 5.82 Å². The van der Waals surface area contributed by atoms with E-state index < -0.39 is 5.41 Å². The van der Waals surface area contributed by atoms with Crippen LogP contribution in [0.2, 0.25) is 0 Å². The lowest BCUT2D eigenvalue weighted by Crippen LogP contribution is -2.45. The van der Waals surface area contributed by atoms with Crippen molar-refractivity contribution >= 4 is 30.7 Å². The summed E-state index contributed by atoms with van der Waals surface area (Å²) < 4.78 is 1.83. The van der Waals surface area contributed by atoms with Crippen molar-refractivity contribution in [2.75, 3.05) is 6.54 Å². The Balaban J connectivity index is 0.00000264. The summed E-state index contributed by atoms with van der Waals surface area (Å²) in [6.45, 7) is 4.83. The maximum absolute atomic E-state index is 12.4. The van der Waals surface area contributed by atoms with Crippen molar-refractivity contribution in [1.29, 1.82) is 0 Å². The van der Waals surface area contributed by atoms with E-state index in [9.17, 15) is 4.79 Å². The molecule has 8 heteroatoms. The number of nitrogens with zero attached hydrogens (tertiary/aromatic N) is 3. The molecule has 0 aliphatic rings. The van der Waals surface area contributed by atoms with Crippen LogP contribution in [0.4, 0.5) is 0 Å². The molecule has 0 aromatic carbocycles. The Morgan fingerprint density at radius 2 is 2.00 bits per heavy atom. The molecule has 0 fully saturated rings. The van der Waals surface area contributed by atoms with E-state index in [0.717, 1.165) is 24.2 Å². The number of nitrogens with two attached hydrogens (primary N) is 1. The zero-order valence-corrected chi connectivity index (χ0v) is 15.6. The molecule has 0 saturated heterocycles. The van der Waals surface area contributed by atoms with E-state index >= 15 is 0 Å². The van der Waals surface area contributed by atoms with E-state index in [1.165, 1.54) is 0 Å². The molecule has 2 aromatic rings. The van der Waals surface area contributed by atoms with Crippen LogP contribution in [-0.2, 0) is 11.3 Å². The van der Waals surface area contributed by atoms with Crippen molar-refractivity contribution in [3.05, 3.63) is 42.6 Å². The van der Waals surface area contributed by atoms with Gasteiger partial charge in [0.15, 0.2) is 0 Å². The highest BCUT2D eigenvalue weighted by atomic mass is 35.5. The predicted molar refractivity (Wildman–Crippen MR) is 99.8 cm³/mol. The van der Waals surface area contributed by atoms with E-state index in [0.29, 0.717) is 13.1 Å². The van der Waals surface area contributed by atoms with E-state index in [1.54, 1.807) is 18.7 Å². The van der Waals surface area contributed by atoms with E-state index in [-0.39, 0.29) is 30.7 Å². The molecular formula is C16H25Cl2N5O. The smallest absolute Gasteiger partial charge is 0.227 e. The number of pyridine rings is 1. The maximum Gasteiger partial charge on any atom is 0.227 e. The Labute approximate surface area is 155 Å². The molecule has 0 aliphatic heterocycles. The third-order valence-electron chi connectivity index (χ3n) is 4.26. The molecule has 2 aromatic heterocycles. The molecule has 0 spiro atoms. The fourth-order valence-corrected chi connectivity index (χ4v) is 2.43. The van der Waals surface area contributed by atoms with Gasteiger partial charge in [-0.3, -0.25) is 9.36 Å². The van der Waals surface area contributed by atoms with Gasteiger partial charge in [0.2, 0.25) is 5.91 Å². The molecule has 6 nitrogen and oxygen atoms in total. The van der Waals surface area contributed by atoms with Gasteiger partial charge in [-0.25, -0.2) is 9.97 Å². The second-order valence-corrected chi connectivity index (χ2v) is 5.37. The van der Waals surface area contributed by atoms with Gasteiger partial charge in [-0.1, -0.05) is 13.8 Å². The summed E-state index contributed by atoms with van der Waals surface area (Å²) in [5.74, 6) is 0.793. The van der Waals surface area contributed by atoms with E-state index in [2.05, 4.69) is 15.3 Å². The standard InChI is InChI=1S/C16H23N5O.2ClH/c1-3-16(4-2,11-17)15(22)20-10-13-5-6-19-14(9-13)21-8-7-18-12-21;;/h5-9,12H,3-4,10-11,17H2,1-2H3,(H,20,22);2*1H. The normalized spacial score (nSPS) is 10.5. The van der Waals surface area contributed by atoms with Crippen molar-refractivity contribution in [2.24, 2.45) is 11.1 Å². The number of hydrogen-bond acceptors (Lipinski definition) is 4. The molecule has 24 heavy (non-hydrogen) atoms. The monoisotopic (exact) mass is 373 g/mol. The van der Waals surface area contributed by atoms with Crippen LogP contribution in [0, 0.1) is 5.41 Å². The zero-order chi connectivity index (χ0) is 16.0. The minimum absolute atomic E-state index is 0. The maximum atomic E-state index is 12.4. The molecule has 0 bridgehead atoms. The van der Waals surface area contributed by atoms with E-state index in [1.807, 2.05) is 36.7 Å². The third-order valence-corrected chi connectivity index (χ3v) is 4.26. The average Bonchev–Trinajstić information content (AvgIpc) is 3.10. The van der Waals surface area contributed by atoms with Crippen molar-refractivity contribution in [1.82, 2.24) is 19.9 Å². The molecule has 2 rings (SSSR count). The first kappa shape index (κ1) is 22.4. The lowest BCUT2D eigenvalue weighted by molar-refractivity contribution is -0.131. The Bertz CT molecular complexity index is 606. The van der Waals surface area contributed by atoms with Gasteiger partial charge in [0.25, 0.3) is 0 Å². The first-order chi connectivity index (χ1) is 10.6. The number of aromatic nitrogens is 3. The minimum Gasteiger partial charge on any atom is -0.351 e. The Morgan fingerprint density at radius 1 is 1.29 bits per heavy atom. The van der Waals surface area contributed by atoms with Gasteiger partial charge in [-0.15, -0.1) is 24.8 Å². The summed E-state index contributed by atoms with van der Waals surface area (Å²) in [5, 5.41) is 2.99. The number of hydrogen-bond donors (Lipinski definition) is 2. The van der Waals surface area contributed by atoms with Crippen LogP contribution < -0.4 is 11.1 Å². The van der Waals surface area contributed by atoms with Crippen molar-refractivity contribution in [2.45, 2.75) is 33.2 Å². The van der Waals surface area contributed by atoms with Crippen LogP contribution in [-0.4, -0.2) is 27.0 Å². The van der Waals surface area contributed by atoms with Gasteiger partial charge >= 0.3 is 0 Å². The van der Waals surface area contributed by atoms with Gasteiger partial charge < -0.3 is 11.1 Å². The fraction of sp³-hybridized carbons (Fsp3) is 0.438. The number of rotatable bonds is 7. The van der Waals surface area contributed by atoms with Gasteiger partial charge in [-0.05, 0) is 30.5 Å². The highest BCUT2D eigenvalue weighted by molar-refractivity contribution is 5.85. The second-order valence-electron chi connectivity index (χ2n) is 5.37. The van der Waals surface area contributed by atoms with Crippen molar-refractivity contribution in [3.8, 4) is 5.82 Å². The van der Waals surface area contributed by atoms with E-state index in [4.69, 9.17) is 5.73 Å². The van der Waals surface area contributed by atoms with Crippen LogP contribution in [0.3, 0.4) is 0 Å². The van der Waals surface area contributed by atoms with Crippen molar-refractivity contribution in [3.63, 3.8) is 0 Å². The lowest BCUT2D eigenvalue weighted by Gasteiger charge is -2.28. The number of carbonyl (C=O) groups excluding carboxylic acids is 1. The first-order valence-electron chi connectivity index (χ1n) is 7.57. The molecule has 0 saturated carbocycles. The Kier molecular flexibility index (Phi) is 9.58. The lowest BCUT2D eigenvalue weighted by atomic mass is 9.81. The second kappa shape index (κ2) is 10.3. The number of carbonyl (C=O) groups is 1. The van der Waals surface area contributed by atoms with Gasteiger partial charge in [0.1, 0.15) is 12.1 Å². The quantitative estimate of drug-likeness (QED) is 0.780. The molecule has 0 radical (unpaired) electrons. The topological polar surface area (TPSA) is 85.8 Å². The van der Waals surface area contributed by atoms with Crippen LogP contribution >= 0.6 is 24.8 Å². The zero-order valence-electron chi connectivity index (χ0n) is 13.9. The molecular weight excluding hydrogens is 349 g/mol. The predicted octanol–water partition coefficient (Wildman–Crippen LogP) is 2.49. The fourth-order valence-electron chi connectivity index (χ4n) is 2.43. The highest BCUT2D eigenvalue weighted by Crippen LogP contribution is 2.25. The Hall–Kier alpha value is -1.63. The first-order valence-corrected chi connectivity index (χ1v) is 7.57. The molecule has 1 amide bonds. The number of halogens is 2. The summed E-state index contributed by atoms with van der Waals surface area (Å²) in [6, 6.07) is 3.83. The molecule has 0 unspecified atom stereocenters. The number of amides is 1. The summed E-state index contributed by atoms with van der Waals surface area (Å²) in [5.41, 5.74) is 6.32. The third kappa shape index (κ3) is 4.93. The van der Waals surface area contributed by atoms with Gasteiger partial charge in [0.05, 0.1) is 5.41 Å². The summed E-state index contributed by atoms with van der Waals surface area (Å²) in [7, 11) is 0. The molecule has 2 heterocycles. The van der Waals surface area contributed by atoms with Crippen LogP contribution in [0.1, 0.15) is 32.3 Å². The molecule has 3 N–H and O–H groups in total. The Morgan fingerprint density at radius 3 is 2.54 bits per heavy atom. The van der Waals surface area contributed by atoms with Crippen molar-refractivity contribution < 1.29 is 4.79 Å². The van der Waals surface area contributed by atoms with Gasteiger partial charge in [0, 0.05) is 31.7 Å². The largest absolute Gasteiger partial charge is 0.351 e. The molecule has 0 atom stereocenters. The highest BCUT2D eigenvalue weighted by Gasteiger charge is 2.32. The average molecular weight is 374 g/mol. The number of imidazole rings is 1. The SMILES string of the molecule is CCC(CC)(CN)C(=O)NCc1ccnc(-n2ccnc2)c1.Cl.Cl. The van der Waals surface area contributed by atoms with Crippen LogP contribution in [0.5, 0.6) is 0 Å². The number of nitrogens with one attached hydrogen (secondary N) is 1. The van der Waals surface area contributed by atoms with Crippen LogP contribution in [0.15, 0.2) is 37.1 Å². The summed E-state index contributed by atoms with van der Waals surface area (Å²) >= 11 is 0. The summed E-state index contributed by atoms with van der Waals surface area (Å²) in [6.07, 6.45) is 8.43.